The van der Waals surface area contributed by atoms with E-state index in [1.165, 1.54) is 6.33 Å². The Bertz CT molecular complexity index is 1100. The van der Waals surface area contributed by atoms with Crippen LogP contribution >= 0.6 is 19.2 Å². The molecule has 2 heterocycles. The fourth-order valence-corrected chi connectivity index (χ4v) is 3.79. The van der Waals surface area contributed by atoms with Gasteiger partial charge in [0.1, 0.15) is 11.8 Å². The van der Waals surface area contributed by atoms with Gasteiger partial charge >= 0.3 is 19.5 Å². The van der Waals surface area contributed by atoms with Gasteiger partial charge in [-0.25, -0.2) is 4.98 Å². The summed E-state index contributed by atoms with van der Waals surface area (Å²) in [6, 6.07) is 0. The van der Waals surface area contributed by atoms with E-state index >= 15 is 0 Å². The predicted molar refractivity (Wildman–Crippen MR) is 130 cm³/mol. The van der Waals surface area contributed by atoms with Crippen LogP contribution in [0.15, 0.2) is 12.4 Å². The Labute approximate surface area is 208 Å². The number of ether oxygens (including phenoxy) is 2. The molecule has 0 saturated carbocycles. The highest BCUT2D eigenvalue weighted by atomic mass is 35.5. The van der Waals surface area contributed by atoms with E-state index in [4.69, 9.17) is 35.9 Å². The maximum absolute atomic E-state index is 13.2. The summed E-state index contributed by atoms with van der Waals surface area (Å²) in [7, 11) is -3.80. The van der Waals surface area contributed by atoms with Gasteiger partial charge in [-0.15, -0.1) is 0 Å². The van der Waals surface area contributed by atoms with Crippen LogP contribution in [-0.2, 0) is 32.7 Å². The highest BCUT2D eigenvalue weighted by molar-refractivity contribution is 7.53. The monoisotopic (exact) mass is 531 g/mol. The molecule has 12 nitrogen and oxygen atoms in total. The molecule has 194 valence electrons. The first-order valence-corrected chi connectivity index (χ1v) is 12.8. The van der Waals surface area contributed by atoms with Crippen LogP contribution in [-0.4, -0.2) is 51.2 Å². The maximum Gasteiger partial charge on any atom is 0.336 e. The summed E-state index contributed by atoms with van der Waals surface area (Å²) in [5.41, 5.74) is 4.90. The molecule has 0 fully saturated rings. The molecule has 14 heteroatoms. The molecule has 35 heavy (non-hydrogen) atoms. The van der Waals surface area contributed by atoms with E-state index < -0.39 is 44.0 Å². The second-order valence-corrected chi connectivity index (χ2v) is 12.1. The first kappa shape index (κ1) is 28.7. The van der Waals surface area contributed by atoms with Gasteiger partial charge in [-0.3, -0.25) is 27.8 Å². The van der Waals surface area contributed by atoms with E-state index in [9.17, 15) is 14.2 Å². The van der Waals surface area contributed by atoms with Gasteiger partial charge in [0, 0.05) is 6.20 Å². The molecule has 0 aromatic carbocycles. The average Bonchev–Trinajstić information content (AvgIpc) is 3.13. The second-order valence-electron chi connectivity index (χ2n) is 9.56. The fourth-order valence-electron chi connectivity index (χ4n) is 2.35. The van der Waals surface area contributed by atoms with E-state index in [2.05, 4.69) is 15.0 Å². The molecular formula is C21H31ClN5O7P. The summed E-state index contributed by atoms with van der Waals surface area (Å²) in [6.45, 7) is 8.89. The fraction of sp³-hybridized carbons (Fsp3) is 0.571. The zero-order valence-corrected chi connectivity index (χ0v) is 22.3. The first-order chi connectivity index (χ1) is 16.1. The van der Waals surface area contributed by atoms with Gasteiger partial charge in [-0.1, -0.05) is 17.7 Å². The Balaban J connectivity index is 2.04. The van der Waals surface area contributed by atoms with Crippen LogP contribution in [0.3, 0.4) is 0 Å². The molecule has 2 N–H and O–H groups in total. The first-order valence-electron chi connectivity index (χ1n) is 10.7. The minimum Gasteiger partial charge on any atom is -0.438 e. The molecule has 0 atom stereocenters. The van der Waals surface area contributed by atoms with Crippen molar-refractivity contribution in [3.63, 3.8) is 0 Å². The average molecular weight is 532 g/mol. The number of esters is 2. The number of hydrogen-bond acceptors (Lipinski definition) is 11. The zero-order valence-electron chi connectivity index (χ0n) is 20.6. The number of rotatable bonds is 10. The van der Waals surface area contributed by atoms with Gasteiger partial charge in [0.15, 0.2) is 10.8 Å². The lowest BCUT2D eigenvalue weighted by atomic mass is 9.98. The SMILES string of the molecule is CC(C)(C)C(=O)OCOP(=O)(CC/C=C\n1cnc2c(Cl)nc(N)nc21)OCOC(=O)C(C)(C)C. The third-order valence-corrected chi connectivity index (χ3v) is 6.40. The molecule has 0 bridgehead atoms. The number of aromatic nitrogens is 4. The lowest BCUT2D eigenvalue weighted by Gasteiger charge is -2.21. The molecule has 2 aromatic rings. The summed E-state index contributed by atoms with van der Waals surface area (Å²) >= 11 is 6.02. The van der Waals surface area contributed by atoms with Crippen LogP contribution in [0.25, 0.3) is 17.4 Å². The number of carbonyl (C=O) groups excluding carboxylic acids is 2. The van der Waals surface area contributed by atoms with E-state index in [1.54, 1.807) is 58.4 Å². The Kier molecular flexibility index (Phi) is 9.41. The molecule has 0 aliphatic heterocycles. The molecule has 2 rings (SSSR count). The van der Waals surface area contributed by atoms with Gasteiger partial charge in [0.2, 0.25) is 19.5 Å². The van der Waals surface area contributed by atoms with Crippen molar-refractivity contribution in [1.82, 2.24) is 19.5 Å². The number of imidazole rings is 1. The van der Waals surface area contributed by atoms with Crippen molar-refractivity contribution in [2.75, 3.05) is 25.5 Å². The predicted octanol–water partition coefficient (Wildman–Crippen LogP) is 4.24. The van der Waals surface area contributed by atoms with E-state index in [1.807, 2.05) is 0 Å². The van der Waals surface area contributed by atoms with Crippen molar-refractivity contribution < 1.29 is 32.7 Å². The van der Waals surface area contributed by atoms with Crippen molar-refractivity contribution in [2.45, 2.75) is 48.0 Å². The Morgan fingerprint density at radius 1 is 1.06 bits per heavy atom. The quantitative estimate of drug-likeness (QED) is 0.202. The highest BCUT2D eigenvalue weighted by Crippen LogP contribution is 2.49. The van der Waals surface area contributed by atoms with Crippen LogP contribution in [0, 0.1) is 10.8 Å². The van der Waals surface area contributed by atoms with Gasteiger partial charge < -0.3 is 15.2 Å². The third kappa shape index (κ3) is 8.57. The van der Waals surface area contributed by atoms with Crippen LogP contribution < -0.4 is 5.73 Å². The molecule has 0 saturated heterocycles. The molecule has 0 aliphatic carbocycles. The van der Waals surface area contributed by atoms with Crippen LogP contribution in [0.1, 0.15) is 48.0 Å². The second kappa shape index (κ2) is 11.5. The number of anilines is 1. The summed E-state index contributed by atoms with van der Waals surface area (Å²) in [5, 5.41) is 0.126. The van der Waals surface area contributed by atoms with E-state index in [-0.39, 0.29) is 23.7 Å². The van der Waals surface area contributed by atoms with Gasteiger partial charge in [-0.05, 0) is 48.0 Å². The molecule has 0 radical (unpaired) electrons. The molecular weight excluding hydrogens is 501 g/mol. The van der Waals surface area contributed by atoms with Crippen molar-refractivity contribution in [2.24, 2.45) is 10.8 Å². The number of nitrogen functional groups attached to an aromatic ring is 1. The molecule has 0 unspecified atom stereocenters. The number of carbonyl (C=O) groups is 2. The van der Waals surface area contributed by atoms with Gasteiger partial charge in [0.05, 0.1) is 17.0 Å². The van der Waals surface area contributed by atoms with Crippen LogP contribution in [0.5, 0.6) is 0 Å². The third-order valence-electron chi connectivity index (χ3n) is 4.34. The molecule has 0 aliphatic rings. The summed E-state index contributed by atoms with van der Waals surface area (Å²) in [5.74, 6) is -1.07. The minimum atomic E-state index is -3.80. The Hall–Kier alpha value is -2.53. The van der Waals surface area contributed by atoms with Gasteiger partial charge in [-0.2, -0.15) is 9.97 Å². The van der Waals surface area contributed by atoms with E-state index in [0.717, 1.165) is 0 Å². The standard InChI is InChI=1S/C21H31ClN5O7P/c1-20(2,3)17(28)31-12-33-35(30,34-13-32-18(29)21(4,5)6)10-8-7-9-27-11-24-14-15(22)25-19(23)26-16(14)27/h7,9,11H,8,10,12-13H2,1-6H3,(H2,23,25,26)/b9-7-. The number of allylic oxidation sites excluding steroid dienone is 1. The number of nitrogens with two attached hydrogens (primary N) is 1. The van der Waals surface area contributed by atoms with Crippen LogP contribution in [0.2, 0.25) is 5.15 Å². The smallest absolute Gasteiger partial charge is 0.336 e. The summed E-state index contributed by atoms with van der Waals surface area (Å²) < 4.78 is 35.4. The van der Waals surface area contributed by atoms with Crippen molar-refractivity contribution in [1.29, 1.82) is 0 Å². The lowest BCUT2D eigenvalue weighted by molar-refractivity contribution is -0.162. The number of hydrogen-bond donors (Lipinski definition) is 1. The zero-order chi connectivity index (χ0) is 26.4. The Morgan fingerprint density at radius 3 is 2.11 bits per heavy atom. The molecule has 0 amide bonds. The maximum atomic E-state index is 13.2. The minimum absolute atomic E-state index is 0.00133. The van der Waals surface area contributed by atoms with Crippen LogP contribution in [0.4, 0.5) is 5.95 Å². The summed E-state index contributed by atoms with van der Waals surface area (Å²) in [6.07, 6.45) is 4.92. The van der Waals surface area contributed by atoms with E-state index in [0.29, 0.717) is 11.2 Å². The van der Waals surface area contributed by atoms with Crippen molar-refractivity contribution in [3.05, 3.63) is 17.6 Å². The Morgan fingerprint density at radius 2 is 1.60 bits per heavy atom. The normalized spacial score (nSPS) is 12.9. The van der Waals surface area contributed by atoms with Crippen molar-refractivity contribution >= 4 is 54.4 Å². The molecule has 2 aromatic heterocycles. The number of halogens is 1. The summed E-state index contributed by atoms with van der Waals surface area (Å²) in [4.78, 5) is 36.0. The topological polar surface area (TPSA) is 158 Å². The van der Waals surface area contributed by atoms with Crippen molar-refractivity contribution in [3.8, 4) is 0 Å². The number of nitrogens with zero attached hydrogens (tertiary/aromatic N) is 4. The van der Waals surface area contributed by atoms with Gasteiger partial charge in [0.25, 0.3) is 0 Å². The largest absolute Gasteiger partial charge is 0.438 e. The molecule has 0 spiro atoms. The highest BCUT2D eigenvalue weighted by Gasteiger charge is 2.29. The number of fused-ring (bicyclic) bond motifs is 1. The lowest BCUT2D eigenvalue weighted by Crippen LogP contribution is -2.25.